The van der Waals surface area contributed by atoms with E-state index in [1.54, 1.807) is 0 Å². The molecular formula is C13H18O. The van der Waals surface area contributed by atoms with Crippen LogP contribution in [0.5, 0.6) is 0 Å². The van der Waals surface area contributed by atoms with Gasteiger partial charge in [0.05, 0.1) is 5.60 Å². The topological polar surface area (TPSA) is 20.2 Å². The lowest BCUT2D eigenvalue weighted by molar-refractivity contribution is 0.0323. The number of allylic oxidation sites excluding steroid dienone is 2. The van der Waals surface area contributed by atoms with Crippen LogP contribution in [0.15, 0.2) is 22.8 Å². The fraction of sp³-hybridized carbons (Fsp3) is 0.692. The van der Waals surface area contributed by atoms with Gasteiger partial charge >= 0.3 is 0 Å². The highest BCUT2D eigenvalue weighted by Gasteiger charge is 2.60. The van der Waals surface area contributed by atoms with E-state index >= 15 is 0 Å². The number of aliphatic hydroxyl groups is 1. The molecule has 0 aliphatic heterocycles. The lowest BCUT2D eigenvalue weighted by atomic mass is 9.70. The molecule has 0 aromatic carbocycles. The smallest absolute Gasteiger partial charge is 0.0927 e. The summed E-state index contributed by atoms with van der Waals surface area (Å²) in [6.45, 7) is 4.24. The molecule has 76 valence electrons. The van der Waals surface area contributed by atoms with Gasteiger partial charge in [0.15, 0.2) is 0 Å². The lowest BCUT2D eigenvalue weighted by Gasteiger charge is -2.39. The second kappa shape index (κ2) is 2.33. The molecule has 1 heteroatoms. The molecule has 0 aromatic rings. The fourth-order valence-corrected chi connectivity index (χ4v) is 3.56. The fourth-order valence-electron chi connectivity index (χ4n) is 3.56. The number of hydrogen-bond donors (Lipinski definition) is 1. The summed E-state index contributed by atoms with van der Waals surface area (Å²) in [5.41, 5.74) is 3.81. The van der Waals surface area contributed by atoms with Gasteiger partial charge in [0, 0.05) is 5.41 Å². The highest BCUT2D eigenvalue weighted by Crippen LogP contribution is 2.65. The molecular weight excluding hydrogens is 172 g/mol. The first kappa shape index (κ1) is 8.72. The molecule has 3 aliphatic rings. The van der Waals surface area contributed by atoms with Crippen molar-refractivity contribution in [3.05, 3.63) is 22.8 Å². The van der Waals surface area contributed by atoms with Crippen LogP contribution in [0.2, 0.25) is 0 Å². The largest absolute Gasteiger partial charge is 0.385 e. The maximum atomic E-state index is 10.7. The van der Waals surface area contributed by atoms with Crippen molar-refractivity contribution in [2.24, 2.45) is 5.41 Å². The van der Waals surface area contributed by atoms with Gasteiger partial charge in [-0.3, -0.25) is 0 Å². The van der Waals surface area contributed by atoms with Gasteiger partial charge in [0.2, 0.25) is 0 Å². The van der Waals surface area contributed by atoms with Crippen molar-refractivity contribution in [1.29, 1.82) is 0 Å². The van der Waals surface area contributed by atoms with E-state index in [9.17, 15) is 5.11 Å². The average Bonchev–Trinajstić information content (AvgIpc) is 2.80. The first-order valence-electron chi connectivity index (χ1n) is 5.72. The third kappa shape index (κ3) is 0.802. The van der Waals surface area contributed by atoms with E-state index in [-0.39, 0.29) is 5.41 Å². The Morgan fingerprint density at radius 2 is 2.00 bits per heavy atom. The van der Waals surface area contributed by atoms with Crippen LogP contribution < -0.4 is 0 Å². The molecule has 14 heavy (non-hydrogen) atoms. The van der Waals surface area contributed by atoms with Gasteiger partial charge in [-0.25, -0.2) is 0 Å². The molecule has 1 atom stereocenters. The Morgan fingerprint density at radius 3 is 2.64 bits per heavy atom. The second-order valence-corrected chi connectivity index (χ2v) is 5.34. The Morgan fingerprint density at radius 1 is 1.29 bits per heavy atom. The molecule has 0 bridgehead atoms. The van der Waals surface area contributed by atoms with Crippen LogP contribution in [0, 0.1) is 5.41 Å². The molecule has 3 aliphatic carbocycles. The maximum Gasteiger partial charge on any atom is 0.0927 e. The molecule has 0 aromatic heterocycles. The molecule has 1 nitrogen and oxygen atoms in total. The lowest BCUT2D eigenvalue weighted by Crippen LogP contribution is -2.41. The minimum Gasteiger partial charge on any atom is -0.385 e. The Hall–Kier alpha value is -0.560. The Balaban J connectivity index is 2.15. The molecule has 0 radical (unpaired) electrons. The minimum absolute atomic E-state index is 0.135. The molecule has 1 fully saturated rings. The van der Waals surface area contributed by atoms with Crippen molar-refractivity contribution in [3.8, 4) is 0 Å². The maximum absolute atomic E-state index is 10.7. The zero-order valence-corrected chi connectivity index (χ0v) is 9.06. The Bertz CT molecular complexity index is 353. The third-order valence-electron chi connectivity index (χ3n) is 4.68. The summed E-state index contributed by atoms with van der Waals surface area (Å²) < 4.78 is 0. The standard InChI is InChI=1S/C13H18O/c1-9-8-10-4-3-5-11(10)12(2,14)13(9)6-7-13/h8,14H,3-7H2,1-2H3. The molecule has 1 spiro atoms. The molecule has 1 unspecified atom stereocenters. The van der Waals surface area contributed by atoms with Gasteiger partial charge in [0.25, 0.3) is 0 Å². The quantitative estimate of drug-likeness (QED) is 0.622. The third-order valence-corrected chi connectivity index (χ3v) is 4.68. The van der Waals surface area contributed by atoms with Crippen LogP contribution in [0.4, 0.5) is 0 Å². The molecule has 0 amide bonds. The first-order valence-corrected chi connectivity index (χ1v) is 5.72. The Labute approximate surface area is 85.5 Å². The van der Waals surface area contributed by atoms with Crippen LogP contribution in [0.3, 0.4) is 0 Å². The summed E-state index contributed by atoms with van der Waals surface area (Å²) in [4.78, 5) is 0. The normalized spacial score (nSPS) is 38.6. The molecule has 3 rings (SSSR count). The summed E-state index contributed by atoms with van der Waals surface area (Å²) in [6.07, 6.45) is 8.25. The Kier molecular flexibility index (Phi) is 1.45. The van der Waals surface area contributed by atoms with Crippen molar-refractivity contribution in [2.45, 2.75) is 51.6 Å². The van der Waals surface area contributed by atoms with Gasteiger partial charge in [-0.15, -0.1) is 0 Å². The summed E-state index contributed by atoms with van der Waals surface area (Å²) >= 11 is 0. The van der Waals surface area contributed by atoms with Gasteiger partial charge in [-0.05, 0) is 57.1 Å². The van der Waals surface area contributed by atoms with Gasteiger partial charge in [-0.2, -0.15) is 0 Å². The van der Waals surface area contributed by atoms with Crippen LogP contribution in [-0.2, 0) is 0 Å². The van der Waals surface area contributed by atoms with Crippen molar-refractivity contribution in [1.82, 2.24) is 0 Å². The van der Waals surface area contributed by atoms with Gasteiger partial charge in [0.1, 0.15) is 0 Å². The summed E-state index contributed by atoms with van der Waals surface area (Å²) in [5, 5.41) is 10.7. The SMILES string of the molecule is CC1=CC2=C(CCC2)C(C)(O)C12CC2. The summed E-state index contributed by atoms with van der Waals surface area (Å²) in [5.74, 6) is 0. The predicted octanol–water partition coefficient (Wildman–Crippen LogP) is 2.96. The number of hydrogen-bond acceptors (Lipinski definition) is 1. The van der Waals surface area contributed by atoms with E-state index in [4.69, 9.17) is 0 Å². The van der Waals surface area contributed by atoms with Crippen LogP contribution >= 0.6 is 0 Å². The van der Waals surface area contributed by atoms with E-state index in [0.717, 1.165) is 6.42 Å². The second-order valence-electron chi connectivity index (χ2n) is 5.34. The van der Waals surface area contributed by atoms with Crippen molar-refractivity contribution < 1.29 is 5.11 Å². The van der Waals surface area contributed by atoms with Crippen LogP contribution in [0.1, 0.15) is 46.0 Å². The van der Waals surface area contributed by atoms with Crippen molar-refractivity contribution in [2.75, 3.05) is 0 Å². The molecule has 0 heterocycles. The van der Waals surface area contributed by atoms with Crippen molar-refractivity contribution in [3.63, 3.8) is 0 Å². The highest BCUT2D eigenvalue weighted by atomic mass is 16.3. The van der Waals surface area contributed by atoms with E-state index in [0.29, 0.717) is 0 Å². The summed E-state index contributed by atoms with van der Waals surface area (Å²) in [7, 11) is 0. The van der Waals surface area contributed by atoms with E-state index in [1.165, 1.54) is 42.4 Å². The van der Waals surface area contributed by atoms with Gasteiger partial charge in [-0.1, -0.05) is 11.6 Å². The monoisotopic (exact) mass is 190 g/mol. The molecule has 1 saturated carbocycles. The highest BCUT2D eigenvalue weighted by molar-refractivity contribution is 5.49. The molecule has 1 N–H and O–H groups in total. The summed E-state index contributed by atoms with van der Waals surface area (Å²) in [6, 6.07) is 0. The van der Waals surface area contributed by atoms with Crippen LogP contribution in [-0.4, -0.2) is 10.7 Å². The van der Waals surface area contributed by atoms with Crippen molar-refractivity contribution >= 4 is 0 Å². The number of rotatable bonds is 0. The van der Waals surface area contributed by atoms with E-state index in [2.05, 4.69) is 13.0 Å². The molecule has 0 saturated heterocycles. The predicted molar refractivity (Wildman–Crippen MR) is 56.9 cm³/mol. The minimum atomic E-state index is -0.530. The van der Waals surface area contributed by atoms with Crippen LogP contribution in [0.25, 0.3) is 0 Å². The zero-order valence-electron chi connectivity index (χ0n) is 9.06. The zero-order chi connectivity index (χ0) is 9.97. The first-order chi connectivity index (χ1) is 6.58. The average molecular weight is 190 g/mol. The van der Waals surface area contributed by atoms with E-state index < -0.39 is 5.60 Å². The van der Waals surface area contributed by atoms with E-state index in [1.807, 2.05) is 6.92 Å². The van der Waals surface area contributed by atoms with Gasteiger partial charge < -0.3 is 5.11 Å².